The topological polar surface area (TPSA) is 21.3 Å². The van der Waals surface area contributed by atoms with E-state index in [1.165, 1.54) is 49.7 Å². The molecular formula is C19H29NO. The summed E-state index contributed by atoms with van der Waals surface area (Å²) in [4.78, 5) is 0. The molecular weight excluding hydrogens is 258 g/mol. The van der Waals surface area contributed by atoms with E-state index in [4.69, 9.17) is 4.74 Å². The highest BCUT2D eigenvalue weighted by molar-refractivity contribution is 5.40. The number of nitrogens with one attached hydrogen (secondary N) is 1. The predicted molar refractivity (Wildman–Crippen MR) is 88.0 cm³/mol. The molecule has 1 saturated carbocycles. The van der Waals surface area contributed by atoms with Crippen LogP contribution >= 0.6 is 0 Å². The van der Waals surface area contributed by atoms with Crippen LogP contribution in [0, 0.1) is 12.8 Å². The van der Waals surface area contributed by atoms with E-state index in [-0.39, 0.29) is 0 Å². The van der Waals surface area contributed by atoms with Crippen LogP contribution in [-0.2, 0) is 6.42 Å². The van der Waals surface area contributed by atoms with Gasteiger partial charge in [0.25, 0.3) is 0 Å². The molecule has 2 aliphatic rings. The Bertz CT molecular complexity index is 471. The van der Waals surface area contributed by atoms with Gasteiger partial charge in [0.15, 0.2) is 0 Å². The summed E-state index contributed by atoms with van der Waals surface area (Å²) in [6.45, 7) is 5.58. The summed E-state index contributed by atoms with van der Waals surface area (Å²) in [6.07, 6.45) is 9.46. The zero-order valence-electron chi connectivity index (χ0n) is 13.5. The summed E-state index contributed by atoms with van der Waals surface area (Å²) in [7, 11) is 0. The lowest BCUT2D eigenvalue weighted by molar-refractivity contribution is 0.152. The van der Waals surface area contributed by atoms with E-state index in [0.717, 1.165) is 24.6 Å². The summed E-state index contributed by atoms with van der Waals surface area (Å²) in [5, 5.41) is 3.77. The van der Waals surface area contributed by atoms with Crippen LogP contribution in [0.15, 0.2) is 18.2 Å². The van der Waals surface area contributed by atoms with Crippen molar-refractivity contribution in [3.05, 3.63) is 29.3 Å². The monoisotopic (exact) mass is 287 g/mol. The summed E-state index contributed by atoms with van der Waals surface area (Å²) in [5.74, 6) is 1.92. The summed E-state index contributed by atoms with van der Waals surface area (Å²) in [6, 6.07) is 7.32. The second kappa shape index (κ2) is 6.83. The third-order valence-electron chi connectivity index (χ3n) is 5.09. The highest BCUT2D eigenvalue weighted by Gasteiger charge is 2.31. The van der Waals surface area contributed by atoms with Crippen molar-refractivity contribution in [1.29, 1.82) is 0 Å². The van der Waals surface area contributed by atoms with Gasteiger partial charge in [-0.15, -0.1) is 0 Å². The quantitative estimate of drug-likeness (QED) is 0.874. The second-order valence-electron chi connectivity index (χ2n) is 6.90. The maximum absolute atomic E-state index is 6.19. The Morgan fingerprint density at radius 3 is 2.95 bits per heavy atom. The zero-order valence-corrected chi connectivity index (χ0v) is 13.5. The largest absolute Gasteiger partial charge is 0.490 e. The minimum absolute atomic E-state index is 0.399. The van der Waals surface area contributed by atoms with E-state index in [9.17, 15) is 0 Å². The molecule has 0 aromatic heterocycles. The highest BCUT2D eigenvalue weighted by Crippen LogP contribution is 2.35. The third kappa shape index (κ3) is 3.60. The molecule has 116 valence electrons. The van der Waals surface area contributed by atoms with Crippen molar-refractivity contribution in [2.24, 2.45) is 5.92 Å². The molecule has 0 spiro atoms. The van der Waals surface area contributed by atoms with Crippen molar-refractivity contribution in [3.63, 3.8) is 0 Å². The standard InChI is InChI=1S/C19H29NO/c1-3-10-20-18-7-5-4-6-15(18)12-17-13-16-11-14(2)8-9-19(16)21-17/h8-9,11,15,17-18,20H,3-7,10,12-13H2,1-2H3. The first-order chi connectivity index (χ1) is 10.3. The van der Waals surface area contributed by atoms with Crippen LogP contribution < -0.4 is 10.1 Å². The minimum atomic E-state index is 0.399. The van der Waals surface area contributed by atoms with Crippen molar-refractivity contribution in [1.82, 2.24) is 5.32 Å². The van der Waals surface area contributed by atoms with E-state index in [0.29, 0.717) is 12.1 Å². The molecule has 0 radical (unpaired) electrons. The Morgan fingerprint density at radius 1 is 1.24 bits per heavy atom. The first kappa shape index (κ1) is 14.9. The van der Waals surface area contributed by atoms with Gasteiger partial charge >= 0.3 is 0 Å². The van der Waals surface area contributed by atoms with Gasteiger partial charge in [0.1, 0.15) is 11.9 Å². The first-order valence-electron chi connectivity index (χ1n) is 8.76. The first-order valence-corrected chi connectivity index (χ1v) is 8.76. The molecule has 1 aromatic carbocycles. The van der Waals surface area contributed by atoms with E-state index in [2.05, 4.69) is 37.4 Å². The lowest BCUT2D eigenvalue weighted by atomic mass is 9.80. The number of aryl methyl sites for hydroxylation is 1. The molecule has 3 unspecified atom stereocenters. The molecule has 21 heavy (non-hydrogen) atoms. The van der Waals surface area contributed by atoms with E-state index >= 15 is 0 Å². The zero-order chi connectivity index (χ0) is 14.7. The molecule has 2 nitrogen and oxygen atoms in total. The minimum Gasteiger partial charge on any atom is -0.490 e. The second-order valence-corrected chi connectivity index (χ2v) is 6.90. The number of hydrogen-bond donors (Lipinski definition) is 1. The van der Waals surface area contributed by atoms with Crippen LogP contribution in [0.5, 0.6) is 5.75 Å². The number of benzene rings is 1. The van der Waals surface area contributed by atoms with Crippen molar-refractivity contribution in [2.45, 2.75) is 70.9 Å². The lowest BCUT2D eigenvalue weighted by Gasteiger charge is -2.33. The average Bonchev–Trinajstić information content (AvgIpc) is 2.87. The molecule has 0 saturated heterocycles. The van der Waals surface area contributed by atoms with Gasteiger partial charge in [-0.3, -0.25) is 0 Å². The van der Waals surface area contributed by atoms with E-state index in [1.807, 2.05) is 0 Å². The fourth-order valence-electron chi connectivity index (χ4n) is 4.01. The number of fused-ring (bicyclic) bond motifs is 1. The van der Waals surface area contributed by atoms with Gasteiger partial charge in [-0.1, -0.05) is 37.5 Å². The summed E-state index contributed by atoms with van der Waals surface area (Å²) in [5.41, 5.74) is 2.76. The van der Waals surface area contributed by atoms with Gasteiger partial charge in [-0.05, 0) is 56.7 Å². The molecule has 1 fully saturated rings. The molecule has 3 rings (SSSR count). The van der Waals surface area contributed by atoms with Crippen LogP contribution in [0.1, 0.15) is 56.6 Å². The fourth-order valence-corrected chi connectivity index (χ4v) is 4.01. The lowest BCUT2D eigenvalue weighted by Crippen LogP contribution is -2.40. The van der Waals surface area contributed by atoms with Gasteiger partial charge in [-0.2, -0.15) is 0 Å². The Labute approximate surface area is 129 Å². The van der Waals surface area contributed by atoms with Gasteiger partial charge in [0, 0.05) is 12.5 Å². The van der Waals surface area contributed by atoms with Crippen LogP contribution in [0.4, 0.5) is 0 Å². The van der Waals surface area contributed by atoms with Gasteiger partial charge in [-0.25, -0.2) is 0 Å². The third-order valence-corrected chi connectivity index (χ3v) is 5.09. The molecule has 0 amide bonds. The molecule has 1 aliphatic carbocycles. The van der Waals surface area contributed by atoms with Crippen LogP contribution in [0.2, 0.25) is 0 Å². The van der Waals surface area contributed by atoms with Crippen molar-refractivity contribution in [2.75, 3.05) is 6.54 Å². The maximum atomic E-state index is 6.19. The summed E-state index contributed by atoms with van der Waals surface area (Å²) < 4.78 is 6.19. The van der Waals surface area contributed by atoms with Gasteiger partial charge in [0.2, 0.25) is 0 Å². The van der Waals surface area contributed by atoms with Gasteiger partial charge in [0.05, 0.1) is 0 Å². The van der Waals surface area contributed by atoms with Crippen LogP contribution in [0.25, 0.3) is 0 Å². The predicted octanol–water partition coefficient (Wildman–Crippen LogP) is 4.25. The average molecular weight is 287 g/mol. The van der Waals surface area contributed by atoms with Gasteiger partial charge < -0.3 is 10.1 Å². The van der Waals surface area contributed by atoms with Crippen molar-refractivity contribution >= 4 is 0 Å². The molecule has 1 N–H and O–H groups in total. The molecule has 2 heteroatoms. The fraction of sp³-hybridized carbons (Fsp3) is 0.684. The Kier molecular flexibility index (Phi) is 4.84. The molecule has 1 aliphatic heterocycles. The Balaban J connectivity index is 1.58. The van der Waals surface area contributed by atoms with Crippen LogP contribution in [0.3, 0.4) is 0 Å². The smallest absolute Gasteiger partial charge is 0.123 e. The Hall–Kier alpha value is -1.02. The van der Waals surface area contributed by atoms with Crippen molar-refractivity contribution in [3.8, 4) is 5.75 Å². The molecule has 0 bridgehead atoms. The van der Waals surface area contributed by atoms with Crippen molar-refractivity contribution < 1.29 is 4.74 Å². The number of hydrogen-bond acceptors (Lipinski definition) is 2. The summed E-state index contributed by atoms with van der Waals surface area (Å²) >= 11 is 0. The normalized spacial score (nSPS) is 28.2. The highest BCUT2D eigenvalue weighted by atomic mass is 16.5. The van der Waals surface area contributed by atoms with E-state index < -0.39 is 0 Å². The molecule has 1 aromatic rings. The number of ether oxygens (including phenoxy) is 1. The van der Waals surface area contributed by atoms with Crippen LogP contribution in [-0.4, -0.2) is 18.7 Å². The molecule has 3 atom stereocenters. The van der Waals surface area contributed by atoms with E-state index in [1.54, 1.807) is 0 Å². The Morgan fingerprint density at radius 2 is 2.10 bits per heavy atom. The SMILES string of the molecule is CCCNC1CCCCC1CC1Cc2cc(C)ccc2O1. The number of rotatable bonds is 5. The molecule has 1 heterocycles. The maximum Gasteiger partial charge on any atom is 0.123 e.